The Morgan fingerprint density at radius 3 is 2.61 bits per heavy atom. The minimum atomic E-state index is -0.650. The highest BCUT2D eigenvalue weighted by Crippen LogP contribution is 2.34. The summed E-state index contributed by atoms with van der Waals surface area (Å²) < 4.78 is 11.5. The average Bonchev–Trinajstić information content (AvgIpc) is 3.06. The molecule has 2 amide bonds. The summed E-state index contributed by atoms with van der Waals surface area (Å²) in [4.78, 5) is 28.9. The van der Waals surface area contributed by atoms with Crippen LogP contribution in [0.15, 0.2) is 30.5 Å². The van der Waals surface area contributed by atoms with Crippen molar-refractivity contribution in [3.8, 4) is 16.9 Å². The Bertz CT molecular complexity index is 1050. The summed E-state index contributed by atoms with van der Waals surface area (Å²) >= 11 is 6.54. The van der Waals surface area contributed by atoms with Crippen molar-refractivity contribution < 1.29 is 19.1 Å². The van der Waals surface area contributed by atoms with Crippen LogP contribution in [0.1, 0.15) is 64.0 Å². The molecule has 1 atom stereocenters. The van der Waals surface area contributed by atoms with Crippen molar-refractivity contribution in [1.82, 2.24) is 15.6 Å². The Kier molecular flexibility index (Phi) is 7.22. The molecule has 7 nitrogen and oxygen atoms in total. The third kappa shape index (κ3) is 6.38. The van der Waals surface area contributed by atoms with Gasteiger partial charge in [-0.25, -0.2) is 4.79 Å². The first kappa shape index (κ1) is 24.8. The van der Waals surface area contributed by atoms with Crippen molar-refractivity contribution in [3.05, 3.63) is 46.7 Å². The molecule has 33 heavy (non-hydrogen) atoms. The molecule has 2 aromatic rings. The standard InChI is InChI=1S/C25H32ClN3O4/c1-15(2)12-25(6,29-23(31)33-24(3,4)5)14-32-20-8-7-16(11-18(20)26)17-9-10-27-19-13-28-22(30)21(17)19/h7-11,15H,12-14H2,1-6H3,(H,28,30)(H,29,31)/t25-/m0/s1. The molecule has 8 heteroatoms. The predicted octanol–water partition coefficient (Wildman–Crippen LogP) is 5.35. The lowest BCUT2D eigenvalue weighted by Gasteiger charge is -2.33. The number of alkyl carbamates (subject to hydrolysis) is 1. The van der Waals surface area contributed by atoms with Gasteiger partial charge in [0.2, 0.25) is 0 Å². The summed E-state index contributed by atoms with van der Waals surface area (Å²) in [5.74, 6) is 0.685. The smallest absolute Gasteiger partial charge is 0.408 e. The summed E-state index contributed by atoms with van der Waals surface area (Å²) in [5.41, 5.74) is 1.65. The molecule has 0 fully saturated rings. The van der Waals surface area contributed by atoms with E-state index in [2.05, 4.69) is 29.5 Å². The number of benzene rings is 1. The number of nitrogens with zero attached hydrogens (tertiary/aromatic N) is 1. The van der Waals surface area contributed by atoms with Crippen LogP contribution in [0.2, 0.25) is 5.02 Å². The van der Waals surface area contributed by atoms with Crippen LogP contribution in [0.3, 0.4) is 0 Å². The highest BCUT2D eigenvalue weighted by molar-refractivity contribution is 6.32. The third-order valence-corrected chi connectivity index (χ3v) is 5.42. The van der Waals surface area contributed by atoms with Crippen molar-refractivity contribution in [1.29, 1.82) is 0 Å². The van der Waals surface area contributed by atoms with Crippen LogP contribution < -0.4 is 15.4 Å². The number of amides is 2. The normalized spacial score (nSPS) is 15.0. The highest BCUT2D eigenvalue weighted by Gasteiger charge is 2.31. The Morgan fingerprint density at radius 2 is 1.97 bits per heavy atom. The van der Waals surface area contributed by atoms with Gasteiger partial charge in [0.25, 0.3) is 5.91 Å². The molecule has 3 rings (SSSR count). The molecule has 0 saturated carbocycles. The first-order valence-corrected chi connectivity index (χ1v) is 11.4. The molecule has 178 valence electrons. The lowest BCUT2D eigenvalue weighted by molar-refractivity contribution is 0.0408. The van der Waals surface area contributed by atoms with Crippen LogP contribution in [0, 0.1) is 5.92 Å². The van der Waals surface area contributed by atoms with Gasteiger partial charge in [-0.15, -0.1) is 0 Å². The molecule has 1 aromatic heterocycles. The zero-order valence-electron chi connectivity index (χ0n) is 20.0. The Balaban J connectivity index is 1.77. The van der Waals surface area contributed by atoms with Gasteiger partial charge in [0.1, 0.15) is 18.0 Å². The molecular weight excluding hydrogens is 442 g/mol. The number of nitrogens with one attached hydrogen (secondary N) is 2. The number of hydrogen-bond acceptors (Lipinski definition) is 5. The summed E-state index contributed by atoms with van der Waals surface area (Å²) in [7, 11) is 0. The van der Waals surface area contributed by atoms with Gasteiger partial charge in [-0.05, 0) is 69.4 Å². The number of rotatable bonds is 7. The van der Waals surface area contributed by atoms with Gasteiger partial charge in [0, 0.05) is 6.20 Å². The predicted molar refractivity (Wildman–Crippen MR) is 129 cm³/mol. The fourth-order valence-electron chi connectivity index (χ4n) is 4.01. The van der Waals surface area contributed by atoms with E-state index in [1.165, 1.54) is 0 Å². The number of carbonyl (C=O) groups is 2. The number of halogens is 1. The average molecular weight is 474 g/mol. The van der Waals surface area contributed by atoms with E-state index in [4.69, 9.17) is 21.1 Å². The number of carbonyl (C=O) groups excluding carboxylic acids is 2. The Hall–Kier alpha value is -2.80. The largest absolute Gasteiger partial charge is 0.490 e. The second kappa shape index (κ2) is 9.59. The monoisotopic (exact) mass is 473 g/mol. The quantitative estimate of drug-likeness (QED) is 0.565. The van der Waals surface area contributed by atoms with Gasteiger partial charge in [-0.2, -0.15) is 0 Å². The van der Waals surface area contributed by atoms with Crippen LogP contribution in [0.25, 0.3) is 11.1 Å². The van der Waals surface area contributed by atoms with Crippen LogP contribution in [0.5, 0.6) is 5.75 Å². The van der Waals surface area contributed by atoms with Crippen LogP contribution in [-0.2, 0) is 11.3 Å². The summed E-state index contributed by atoms with van der Waals surface area (Å²) in [5, 5.41) is 6.18. The molecular formula is C25H32ClN3O4. The number of fused-ring (bicyclic) bond motifs is 1. The summed E-state index contributed by atoms with van der Waals surface area (Å²) in [6.45, 7) is 12.2. The summed E-state index contributed by atoms with van der Waals surface area (Å²) in [6, 6.07) is 7.23. The van der Waals surface area contributed by atoms with E-state index in [0.717, 1.165) is 16.8 Å². The fraction of sp³-hybridized carbons (Fsp3) is 0.480. The van der Waals surface area contributed by atoms with E-state index in [1.807, 2.05) is 33.8 Å². The van der Waals surface area contributed by atoms with Gasteiger partial charge in [-0.1, -0.05) is 31.5 Å². The van der Waals surface area contributed by atoms with Crippen molar-refractivity contribution in [2.75, 3.05) is 6.61 Å². The van der Waals surface area contributed by atoms with Gasteiger partial charge in [0.15, 0.2) is 0 Å². The van der Waals surface area contributed by atoms with Gasteiger partial charge < -0.3 is 20.1 Å². The van der Waals surface area contributed by atoms with E-state index in [9.17, 15) is 9.59 Å². The molecule has 0 radical (unpaired) electrons. The third-order valence-electron chi connectivity index (χ3n) is 5.12. The van der Waals surface area contributed by atoms with Crippen molar-refractivity contribution in [2.45, 2.75) is 65.6 Å². The van der Waals surface area contributed by atoms with Crippen molar-refractivity contribution in [3.63, 3.8) is 0 Å². The summed E-state index contributed by atoms with van der Waals surface area (Å²) in [6.07, 6.45) is 1.90. The second-order valence-corrected chi connectivity index (χ2v) is 10.5. The highest BCUT2D eigenvalue weighted by atomic mass is 35.5. The molecule has 0 unspecified atom stereocenters. The number of hydrogen-bond donors (Lipinski definition) is 2. The van der Waals surface area contributed by atoms with E-state index in [-0.39, 0.29) is 12.5 Å². The molecule has 1 aromatic carbocycles. The molecule has 1 aliphatic rings. The number of ether oxygens (including phenoxy) is 2. The molecule has 0 spiro atoms. The Morgan fingerprint density at radius 1 is 1.24 bits per heavy atom. The lowest BCUT2D eigenvalue weighted by atomic mass is 9.91. The minimum Gasteiger partial charge on any atom is -0.490 e. The zero-order valence-corrected chi connectivity index (χ0v) is 20.8. The van der Waals surface area contributed by atoms with E-state index in [1.54, 1.807) is 24.4 Å². The maximum Gasteiger partial charge on any atom is 0.408 e. The molecule has 2 N–H and O–H groups in total. The van der Waals surface area contributed by atoms with E-state index >= 15 is 0 Å². The lowest BCUT2D eigenvalue weighted by Crippen LogP contribution is -2.52. The van der Waals surface area contributed by atoms with Crippen molar-refractivity contribution in [2.24, 2.45) is 5.92 Å². The molecule has 0 aliphatic carbocycles. The first-order chi connectivity index (χ1) is 15.4. The SMILES string of the molecule is CC(C)C[C@@](C)(COc1ccc(-c2ccnc3c2C(=O)NC3)cc1Cl)NC(=O)OC(C)(C)C. The van der Waals surface area contributed by atoms with Gasteiger partial charge >= 0.3 is 6.09 Å². The Labute approximate surface area is 200 Å². The van der Waals surface area contributed by atoms with Crippen LogP contribution in [0.4, 0.5) is 4.79 Å². The number of aromatic nitrogens is 1. The molecule has 1 aliphatic heterocycles. The maximum absolute atomic E-state index is 12.4. The van der Waals surface area contributed by atoms with Crippen LogP contribution >= 0.6 is 11.6 Å². The molecule has 0 saturated heterocycles. The zero-order chi connectivity index (χ0) is 24.4. The van der Waals surface area contributed by atoms with Crippen LogP contribution in [-0.4, -0.2) is 34.7 Å². The van der Waals surface area contributed by atoms with Crippen molar-refractivity contribution >= 4 is 23.6 Å². The maximum atomic E-state index is 12.4. The molecule has 0 bridgehead atoms. The first-order valence-electron chi connectivity index (χ1n) is 11.1. The van der Waals surface area contributed by atoms with E-state index in [0.29, 0.717) is 35.2 Å². The number of pyridine rings is 1. The second-order valence-electron chi connectivity index (χ2n) is 10.1. The van der Waals surface area contributed by atoms with E-state index < -0.39 is 17.2 Å². The van der Waals surface area contributed by atoms with Gasteiger partial charge in [-0.3, -0.25) is 9.78 Å². The fourth-order valence-corrected chi connectivity index (χ4v) is 4.24. The van der Waals surface area contributed by atoms with Gasteiger partial charge in [0.05, 0.1) is 28.4 Å². The minimum absolute atomic E-state index is 0.137. The molecule has 2 heterocycles. The topological polar surface area (TPSA) is 89.5 Å².